The highest BCUT2D eigenvalue weighted by molar-refractivity contribution is 6.28. The molecule has 0 spiro atoms. The van der Waals surface area contributed by atoms with Gasteiger partial charge in [-0.3, -0.25) is 4.79 Å². The maximum atomic E-state index is 11.5. The van der Waals surface area contributed by atoms with Crippen molar-refractivity contribution in [3.05, 3.63) is 11.0 Å². The van der Waals surface area contributed by atoms with Gasteiger partial charge in [0.05, 0.1) is 6.67 Å². The van der Waals surface area contributed by atoms with Gasteiger partial charge in [0.2, 0.25) is 5.28 Å². The van der Waals surface area contributed by atoms with Crippen LogP contribution in [0.3, 0.4) is 0 Å². The maximum Gasteiger partial charge on any atom is 0.275 e. The van der Waals surface area contributed by atoms with Crippen molar-refractivity contribution in [2.45, 2.75) is 0 Å². The first-order chi connectivity index (χ1) is 6.09. The molecule has 13 heavy (non-hydrogen) atoms. The standard InChI is InChI=1S/C7H9ClN4O/c1-11-3-12(2)6(13)4-5(11)10-7(8)9-4/h3H2,1-2H3,(H,9,10). The van der Waals surface area contributed by atoms with Gasteiger partial charge in [-0.25, -0.2) is 0 Å². The number of hydrogen-bond acceptors (Lipinski definition) is 3. The van der Waals surface area contributed by atoms with Crippen molar-refractivity contribution < 1.29 is 4.79 Å². The Morgan fingerprint density at radius 3 is 2.85 bits per heavy atom. The molecule has 2 rings (SSSR count). The minimum atomic E-state index is -0.0764. The largest absolute Gasteiger partial charge is 0.340 e. The monoisotopic (exact) mass is 200 g/mol. The fraction of sp³-hybridized carbons (Fsp3) is 0.429. The second-order valence-corrected chi connectivity index (χ2v) is 3.43. The van der Waals surface area contributed by atoms with Crippen molar-refractivity contribution in [1.29, 1.82) is 0 Å². The van der Waals surface area contributed by atoms with Crippen LogP contribution < -0.4 is 4.90 Å². The lowest BCUT2D eigenvalue weighted by molar-refractivity contribution is 0.0779. The normalized spacial score (nSPS) is 16.4. The molecule has 1 N–H and O–H groups in total. The van der Waals surface area contributed by atoms with E-state index in [1.165, 1.54) is 0 Å². The number of fused-ring (bicyclic) bond motifs is 1. The summed E-state index contributed by atoms with van der Waals surface area (Å²) >= 11 is 5.67. The molecule has 0 aromatic carbocycles. The van der Waals surface area contributed by atoms with E-state index in [-0.39, 0.29) is 11.2 Å². The zero-order valence-electron chi connectivity index (χ0n) is 7.33. The highest BCUT2D eigenvalue weighted by Gasteiger charge is 2.28. The molecule has 0 atom stereocenters. The van der Waals surface area contributed by atoms with Crippen LogP contribution in [0, 0.1) is 0 Å². The third-order valence-electron chi connectivity index (χ3n) is 2.00. The average molecular weight is 201 g/mol. The lowest BCUT2D eigenvalue weighted by Crippen LogP contribution is -2.42. The van der Waals surface area contributed by atoms with Crippen LogP contribution in [0.2, 0.25) is 5.28 Å². The molecule has 1 aliphatic heterocycles. The summed E-state index contributed by atoms with van der Waals surface area (Å²) in [5.74, 6) is 0.542. The van der Waals surface area contributed by atoms with Crippen molar-refractivity contribution in [2.24, 2.45) is 0 Å². The van der Waals surface area contributed by atoms with Gasteiger partial charge in [0.1, 0.15) is 5.69 Å². The molecule has 0 unspecified atom stereocenters. The predicted octanol–water partition coefficient (Wildman–Crippen LogP) is 0.542. The molecule has 1 amide bonds. The summed E-state index contributed by atoms with van der Waals surface area (Å²) in [6, 6.07) is 0. The maximum absolute atomic E-state index is 11.5. The zero-order valence-corrected chi connectivity index (χ0v) is 8.09. The molecule has 0 bridgehead atoms. The van der Waals surface area contributed by atoms with Crippen molar-refractivity contribution >= 4 is 23.3 Å². The molecule has 70 valence electrons. The molecule has 0 fully saturated rings. The van der Waals surface area contributed by atoms with Crippen LogP contribution in [0.4, 0.5) is 5.82 Å². The molecular weight excluding hydrogens is 192 g/mol. The van der Waals surface area contributed by atoms with Gasteiger partial charge in [-0.1, -0.05) is 0 Å². The second-order valence-electron chi connectivity index (χ2n) is 3.07. The van der Waals surface area contributed by atoms with Crippen LogP contribution in [0.15, 0.2) is 0 Å². The Bertz CT molecular complexity index is 361. The minimum Gasteiger partial charge on any atom is -0.340 e. The van der Waals surface area contributed by atoms with Gasteiger partial charge in [0.15, 0.2) is 5.82 Å². The Hall–Kier alpha value is -1.23. The number of anilines is 1. The Balaban J connectivity index is 2.53. The summed E-state index contributed by atoms with van der Waals surface area (Å²) in [5.41, 5.74) is 0.459. The van der Waals surface area contributed by atoms with Gasteiger partial charge in [-0.15, -0.1) is 0 Å². The number of hydrogen-bond donors (Lipinski definition) is 1. The summed E-state index contributed by atoms with van der Waals surface area (Å²) in [6.45, 7) is 0.535. The van der Waals surface area contributed by atoms with E-state index in [1.54, 1.807) is 11.9 Å². The van der Waals surface area contributed by atoms with Gasteiger partial charge in [0, 0.05) is 14.1 Å². The summed E-state index contributed by atoms with van der Waals surface area (Å²) in [5, 5.41) is 0.250. The van der Waals surface area contributed by atoms with Crippen LogP contribution in [-0.2, 0) is 0 Å². The number of halogens is 1. The summed E-state index contributed by atoms with van der Waals surface area (Å²) in [6.07, 6.45) is 0. The fourth-order valence-electron chi connectivity index (χ4n) is 1.40. The zero-order chi connectivity index (χ0) is 9.59. The first kappa shape index (κ1) is 8.37. The van der Waals surface area contributed by atoms with E-state index in [0.29, 0.717) is 18.2 Å². The molecule has 5 nitrogen and oxygen atoms in total. The molecule has 0 aliphatic carbocycles. The van der Waals surface area contributed by atoms with Crippen molar-refractivity contribution in [3.63, 3.8) is 0 Å². The van der Waals surface area contributed by atoms with E-state index in [1.807, 2.05) is 11.9 Å². The SMILES string of the molecule is CN1CN(C)c2nc(Cl)[nH]c2C1=O. The molecular formula is C7H9ClN4O. The number of amides is 1. The van der Waals surface area contributed by atoms with Gasteiger partial charge >= 0.3 is 0 Å². The first-order valence-electron chi connectivity index (χ1n) is 3.81. The van der Waals surface area contributed by atoms with Crippen LogP contribution in [0.1, 0.15) is 10.5 Å². The molecule has 6 heteroatoms. The number of aromatic amines is 1. The van der Waals surface area contributed by atoms with Gasteiger partial charge < -0.3 is 14.8 Å². The molecule has 0 radical (unpaired) electrons. The van der Waals surface area contributed by atoms with Gasteiger partial charge in [-0.05, 0) is 11.6 Å². The van der Waals surface area contributed by atoms with Crippen molar-refractivity contribution in [2.75, 3.05) is 25.7 Å². The number of carbonyl (C=O) groups is 1. The van der Waals surface area contributed by atoms with Crippen molar-refractivity contribution in [1.82, 2.24) is 14.9 Å². The van der Waals surface area contributed by atoms with Crippen LogP contribution in [0.5, 0.6) is 0 Å². The van der Waals surface area contributed by atoms with E-state index in [4.69, 9.17) is 11.6 Å². The topological polar surface area (TPSA) is 52.2 Å². The Kier molecular flexibility index (Phi) is 1.69. The Labute approximate surface area is 80.3 Å². The summed E-state index contributed by atoms with van der Waals surface area (Å²) < 4.78 is 0. The molecule has 0 saturated carbocycles. The molecule has 1 aromatic heterocycles. The minimum absolute atomic E-state index is 0.0764. The van der Waals surface area contributed by atoms with Gasteiger partial charge in [0.25, 0.3) is 5.91 Å². The smallest absolute Gasteiger partial charge is 0.275 e. The number of rotatable bonds is 0. The molecule has 0 saturated heterocycles. The van der Waals surface area contributed by atoms with E-state index in [9.17, 15) is 4.79 Å². The first-order valence-corrected chi connectivity index (χ1v) is 4.19. The highest BCUT2D eigenvalue weighted by Crippen LogP contribution is 2.24. The number of imidazole rings is 1. The van der Waals surface area contributed by atoms with Crippen molar-refractivity contribution in [3.8, 4) is 0 Å². The van der Waals surface area contributed by atoms with E-state index < -0.39 is 0 Å². The number of nitrogens with one attached hydrogen (secondary N) is 1. The fourth-order valence-corrected chi connectivity index (χ4v) is 1.58. The van der Waals surface area contributed by atoms with E-state index in [0.717, 1.165) is 0 Å². The van der Waals surface area contributed by atoms with Crippen LogP contribution in [0.25, 0.3) is 0 Å². The number of H-pyrrole nitrogens is 1. The van der Waals surface area contributed by atoms with Gasteiger partial charge in [-0.2, -0.15) is 4.98 Å². The summed E-state index contributed by atoms with van der Waals surface area (Å²) in [4.78, 5) is 21.7. The van der Waals surface area contributed by atoms with Crippen LogP contribution >= 0.6 is 11.6 Å². The Morgan fingerprint density at radius 2 is 2.15 bits per heavy atom. The van der Waals surface area contributed by atoms with E-state index >= 15 is 0 Å². The highest BCUT2D eigenvalue weighted by atomic mass is 35.5. The van der Waals surface area contributed by atoms with Crippen LogP contribution in [-0.4, -0.2) is 41.5 Å². The summed E-state index contributed by atoms with van der Waals surface area (Å²) in [7, 11) is 3.59. The number of carbonyl (C=O) groups excluding carboxylic acids is 1. The Morgan fingerprint density at radius 1 is 1.46 bits per heavy atom. The molecule has 1 aromatic rings. The third-order valence-corrected chi connectivity index (χ3v) is 2.18. The lowest BCUT2D eigenvalue weighted by atomic mass is 10.3. The second kappa shape index (κ2) is 2.63. The molecule has 2 heterocycles. The molecule has 1 aliphatic rings. The van der Waals surface area contributed by atoms with E-state index in [2.05, 4.69) is 9.97 Å². The average Bonchev–Trinajstić information content (AvgIpc) is 2.44. The third kappa shape index (κ3) is 1.16. The lowest BCUT2D eigenvalue weighted by Gasteiger charge is -2.29. The number of aromatic nitrogens is 2. The predicted molar refractivity (Wildman–Crippen MR) is 49.0 cm³/mol. The quantitative estimate of drug-likeness (QED) is 0.665. The number of nitrogens with zero attached hydrogens (tertiary/aromatic N) is 3.